The minimum atomic E-state index is -0.437. The van der Waals surface area contributed by atoms with Crippen molar-refractivity contribution in [2.75, 3.05) is 18.8 Å². The standard InChI is InChI=1S/C32H28N2O4/c1-2-17-34(20-22-8-4-3-5-9-22)18-16-21-12-14-23(15-13-21)38-27-19-26(35)28-29(30(27)33)32(37)25-11-7-6-10-24(25)31(28)36/h2-15,19,35H,1,16-18,20,33H2. The summed E-state index contributed by atoms with van der Waals surface area (Å²) in [6, 6.07) is 25.7. The topological polar surface area (TPSA) is 92.9 Å². The van der Waals surface area contributed by atoms with Gasteiger partial charge in [-0.05, 0) is 29.7 Å². The molecule has 4 aromatic carbocycles. The van der Waals surface area contributed by atoms with Crippen LogP contribution in [0.4, 0.5) is 5.69 Å². The molecule has 0 saturated heterocycles. The van der Waals surface area contributed by atoms with Gasteiger partial charge < -0.3 is 15.6 Å². The van der Waals surface area contributed by atoms with Crippen LogP contribution in [0.15, 0.2) is 97.6 Å². The molecule has 0 saturated carbocycles. The number of ether oxygens (including phenoxy) is 1. The van der Waals surface area contributed by atoms with Gasteiger partial charge >= 0.3 is 0 Å². The fraction of sp³-hybridized carbons (Fsp3) is 0.125. The van der Waals surface area contributed by atoms with Crippen LogP contribution in [0, 0.1) is 0 Å². The van der Waals surface area contributed by atoms with E-state index in [9.17, 15) is 14.7 Å². The van der Waals surface area contributed by atoms with Gasteiger partial charge in [0.15, 0.2) is 17.3 Å². The molecule has 0 heterocycles. The number of nitrogen functional groups attached to an aromatic ring is 1. The lowest BCUT2D eigenvalue weighted by molar-refractivity contribution is 0.0977. The third-order valence-corrected chi connectivity index (χ3v) is 6.68. The van der Waals surface area contributed by atoms with Crippen molar-refractivity contribution >= 4 is 17.3 Å². The lowest BCUT2D eigenvalue weighted by Gasteiger charge is -2.22. The van der Waals surface area contributed by atoms with Crippen LogP contribution < -0.4 is 10.5 Å². The number of hydrogen-bond acceptors (Lipinski definition) is 6. The van der Waals surface area contributed by atoms with Crippen molar-refractivity contribution in [3.05, 3.63) is 131 Å². The molecule has 0 fully saturated rings. The second-order valence-electron chi connectivity index (χ2n) is 9.27. The lowest BCUT2D eigenvalue weighted by atomic mass is 9.82. The second kappa shape index (κ2) is 10.7. The zero-order valence-corrected chi connectivity index (χ0v) is 20.9. The Labute approximate surface area is 221 Å². The maximum Gasteiger partial charge on any atom is 0.198 e. The molecular formula is C32H28N2O4. The Kier molecular flexibility index (Phi) is 7.07. The van der Waals surface area contributed by atoms with Gasteiger partial charge in [0.1, 0.15) is 11.5 Å². The van der Waals surface area contributed by atoms with Crippen LogP contribution in [0.5, 0.6) is 17.2 Å². The summed E-state index contributed by atoms with van der Waals surface area (Å²) in [7, 11) is 0. The summed E-state index contributed by atoms with van der Waals surface area (Å²) < 4.78 is 5.95. The minimum absolute atomic E-state index is 0.0238. The van der Waals surface area contributed by atoms with Crippen molar-refractivity contribution in [2.45, 2.75) is 13.0 Å². The fourth-order valence-electron chi connectivity index (χ4n) is 4.76. The number of nitrogens with zero attached hydrogens (tertiary/aromatic N) is 1. The number of nitrogens with two attached hydrogens (primary N) is 1. The third-order valence-electron chi connectivity index (χ3n) is 6.68. The average Bonchev–Trinajstić information content (AvgIpc) is 2.93. The van der Waals surface area contributed by atoms with Crippen LogP contribution >= 0.6 is 0 Å². The normalized spacial score (nSPS) is 12.2. The monoisotopic (exact) mass is 504 g/mol. The highest BCUT2D eigenvalue weighted by molar-refractivity contribution is 6.31. The number of aromatic hydroxyl groups is 1. The van der Waals surface area contributed by atoms with Gasteiger partial charge in [-0.1, -0.05) is 72.8 Å². The number of ketones is 2. The second-order valence-corrected chi connectivity index (χ2v) is 9.27. The lowest BCUT2D eigenvalue weighted by Crippen LogP contribution is -2.25. The van der Waals surface area contributed by atoms with E-state index >= 15 is 0 Å². The summed E-state index contributed by atoms with van der Waals surface area (Å²) in [6.07, 6.45) is 2.76. The number of rotatable bonds is 9. The predicted molar refractivity (Wildman–Crippen MR) is 148 cm³/mol. The van der Waals surface area contributed by atoms with E-state index in [1.807, 2.05) is 48.5 Å². The largest absolute Gasteiger partial charge is 0.507 e. The Balaban J connectivity index is 1.31. The number of phenolic OH excluding ortho intramolecular Hbond substituents is 1. The zero-order valence-electron chi connectivity index (χ0n) is 20.9. The number of anilines is 1. The molecule has 0 amide bonds. The number of carbonyl (C=O) groups is 2. The molecule has 0 bridgehead atoms. The van der Waals surface area contributed by atoms with E-state index < -0.39 is 11.6 Å². The molecule has 3 N–H and O–H groups in total. The van der Waals surface area contributed by atoms with Crippen LogP contribution in [0.3, 0.4) is 0 Å². The molecule has 1 aliphatic carbocycles. The summed E-state index contributed by atoms with van der Waals surface area (Å²) in [6.45, 7) is 6.39. The van der Waals surface area contributed by atoms with Gasteiger partial charge in [-0.3, -0.25) is 14.5 Å². The van der Waals surface area contributed by atoms with Crippen molar-refractivity contribution in [1.82, 2.24) is 4.90 Å². The van der Waals surface area contributed by atoms with E-state index in [-0.39, 0.29) is 39.4 Å². The first-order chi connectivity index (χ1) is 18.5. The summed E-state index contributed by atoms with van der Waals surface area (Å²) in [5.41, 5.74) is 9.12. The Hall–Kier alpha value is -4.68. The maximum absolute atomic E-state index is 13.2. The molecule has 6 heteroatoms. The van der Waals surface area contributed by atoms with E-state index in [0.29, 0.717) is 5.75 Å². The number of carbonyl (C=O) groups excluding carboxylic acids is 2. The summed E-state index contributed by atoms with van der Waals surface area (Å²) in [5.74, 6) is -0.567. The van der Waals surface area contributed by atoms with E-state index in [1.54, 1.807) is 24.3 Å². The van der Waals surface area contributed by atoms with E-state index in [4.69, 9.17) is 10.5 Å². The molecule has 0 unspecified atom stereocenters. The Morgan fingerprint density at radius 1 is 0.842 bits per heavy atom. The van der Waals surface area contributed by atoms with Crippen LogP contribution in [0.1, 0.15) is 43.0 Å². The van der Waals surface area contributed by atoms with Crippen LogP contribution in [0.2, 0.25) is 0 Å². The molecule has 38 heavy (non-hydrogen) atoms. The van der Waals surface area contributed by atoms with Gasteiger partial charge in [0.25, 0.3) is 0 Å². The molecule has 4 aromatic rings. The molecule has 0 atom stereocenters. The predicted octanol–water partition coefficient (Wildman–Crippen LogP) is 5.77. The molecule has 5 rings (SSSR count). The zero-order chi connectivity index (χ0) is 26.6. The molecule has 0 aliphatic heterocycles. The van der Waals surface area contributed by atoms with Crippen LogP contribution in [0.25, 0.3) is 0 Å². The molecule has 190 valence electrons. The number of phenols is 1. The smallest absolute Gasteiger partial charge is 0.198 e. The van der Waals surface area contributed by atoms with E-state index in [1.165, 1.54) is 11.6 Å². The number of fused-ring (bicyclic) bond motifs is 2. The number of hydrogen-bond donors (Lipinski definition) is 2. The molecule has 6 nitrogen and oxygen atoms in total. The van der Waals surface area contributed by atoms with Gasteiger partial charge in [0, 0.05) is 36.8 Å². The third kappa shape index (κ3) is 4.94. The van der Waals surface area contributed by atoms with Crippen molar-refractivity contribution < 1.29 is 19.4 Å². The minimum Gasteiger partial charge on any atom is -0.507 e. The molecular weight excluding hydrogens is 476 g/mol. The van der Waals surface area contributed by atoms with Crippen molar-refractivity contribution in [1.29, 1.82) is 0 Å². The summed E-state index contributed by atoms with van der Waals surface area (Å²) in [5, 5.41) is 10.6. The summed E-state index contributed by atoms with van der Waals surface area (Å²) in [4.78, 5) is 28.5. The van der Waals surface area contributed by atoms with Gasteiger partial charge in [-0.15, -0.1) is 6.58 Å². The first-order valence-electron chi connectivity index (χ1n) is 12.4. The van der Waals surface area contributed by atoms with Gasteiger partial charge in [0.2, 0.25) is 0 Å². The van der Waals surface area contributed by atoms with Gasteiger partial charge in [-0.2, -0.15) is 0 Å². The Morgan fingerprint density at radius 2 is 1.47 bits per heavy atom. The quantitative estimate of drug-likeness (QED) is 0.150. The molecule has 1 aliphatic rings. The number of benzene rings is 4. The average molecular weight is 505 g/mol. The van der Waals surface area contributed by atoms with Crippen LogP contribution in [-0.4, -0.2) is 34.7 Å². The van der Waals surface area contributed by atoms with E-state index in [0.717, 1.165) is 31.6 Å². The van der Waals surface area contributed by atoms with Crippen molar-refractivity contribution in [3.8, 4) is 17.2 Å². The fourth-order valence-corrected chi connectivity index (χ4v) is 4.76. The van der Waals surface area contributed by atoms with Gasteiger partial charge in [-0.25, -0.2) is 0 Å². The first kappa shape index (κ1) is 25.0. The maximum atomic E-state index is 13.2. The SMILES string of the molecule is C=CCN(CCc1ccc(Oc2cc(O)c3c(c2N)C(=O)c2ccccc2C3=O)cc1)Cc1ccccc1. The Bertz CT molecular complexity index is 1510. The van der Waals surface area contributed by atoms with Gasteiger partial charge in [0.05, 0.1) is 16.8 Å². The first-order valence-corrected chi connectivity index (χ1v) is 12.4. The van der Waals surface area contributed by atoms with Crippen molar-refractivity contribution in [2.24, 2.45) is 0 Å². The molecule has 0 spiro atoms. The molecule has 0 radical (unpaired) electrons. The molecule has 0 aromatic heterocycles. The van der Waals surface area contributed by atoms with Crippen molar-refractivity contribution in [3.63, 3.8) is 0 Å². The highest BCUT2D eigenvalue weighted by Crippen LogP contribution is 2.42. The Morgan fingerprint density at radius 3 is 2.13 bits per heavy atom. The summed E-state index contributed by atoms with van der Waals surface area (Å²) >= 11 is 0. The highest BCUT2D eigenvalue weighted by atomic mass is 16.5. The van der Waals surface area contributed by atoms with Crippen LogP contribution in [-0.2, 0) is 13.0 Å². The highest BCUT2D eigenvalue weighted by Gasteiger charge is 2.35. The van der Waals surface area contributed by atoms with E-state index in [2.05, 4.69) is 23.6 Å².